The molecule has 1 aromatic rings. The van der Waals surface area contributed by atoms with Crippen LogP contribution in [0.4, 0.5) is 10.5 Å². The summed E-state index contributed by atoms with van der Waals surface area (Å²) in [7, 11) is 0. The quantitative estimate of drug-likeness (QED) is 0.485. The van der Waals surface area contributed by atoms with E-state index in [2.05, 4.69) is 23.6 Å². The molecule has 1 atom stereocenters. The molecule has 0 bridgehead atoms. The summed E-state index contributed by atoms with van der Waals surface area (Å²) < 4.78 is 0. The molecule has 8 nitrogen and oxygen atoms in total. The normalized spacial score (nSPS) is 23.2. The van der Waals surface area contributed by atoms with Gasteiger partial charge in [-0.2, -0.15) is 5.43 Å². The van der Waals surface area contributed by atoms with Gasteiger partial charge in [-0.3, -0.25) is 0 Å². The highest BCUT2D eigenvalue weighted by Gasteiger charge is 2.50. The van der Waals surface area contributed by atoms with Crippen molar-refractivity contribution in [1.82, 2.24) is 16.1 Å². The van der Waals surface area contributed by atoms with Crippen LogP contribution in [0.5, 0.6) is 0 Å². The monoisotopic (exact) mass is 270 g/mol. The molecule has 0 radical (unpaired) electrons. The lowest BCUT2D eigenvalue weighted by Gasteiger charge is -2.28. The zero-order valence-corrected chi connectivity index (χ0v) is 9.83. The molecule has 1 saturated heterocycles. The number of carboxylic acids is 1. The van der Waals surface area contributed by atoms with Gasteiger partial charge in [-0.15, -0.1) is 23.3 Å². The van der Waals surface area contributed by atoms with Crippen LogP contribution in [0.15, 0.2) is 30.3 Å². The van der Waals surface area contributed by atoms with E-state index < -0.39 is 17.1 Å². The fourth-order valence-electron chi connectivity index (χ4n) is 1.46. The summed E-state index contributed by atoms with van der Waals surface area (Å²) in [6.45, 7) is 0. The zero-order valence-electron chi connectivity index (χ0n) is 8.94. The van der Waals surface area contributed by atoms with Gasteiger partial charge in [-0.1, -0.05) is 18.2 Å². The first-order valence-electron chi connectivity index (χ1n) is 4.83. The van der Waals surface area contributed by atoms with Crippen LogP contribution in [-0.4, -0.2) is 32.4 Å². The standard InChI is InChI=1S/C9H10N4O4S/c14-7(15)9(18)10-13(8(16)17)11-12(9)6-4-2-1-3-5-6/h1-5,10-11,18H,(H,14,15)(H,16,17). The molecule has 2 rings (SSSR count). The lowest BCUT2D eigenvalue weighted by atomic mass is 10.3. The topological polar surface area (TPSA) is 105 Å². The number of hydrogen-bond donors (Lipinski definition) is 5. The fourth-order valence-corrected chi connectivity index (χ4v) is 1.72. The van der Waals surface area contributed by atoms with Gasteiger partial charge < -0.3 is 10.2 Å². The Hall–Kier alpha value is -1.97. The Bertz CT molecular complexity index is 485. The lowest BCUT2D eigenvalue weighted by molar-refractivity contribution is -0.140. The molecule has 0 aliphatic carbocycles. The number of anilines is 1. The number of benzene rings is 1. The highest BCUT2D eigenvalue weighted by Crippen LogP contribution is 2.27. The van der Waals surface area contributed by atoms with Crippen LogP contribution >= 0.6 is 12.6 Å². The van der Waals surface area contributed by atoms with Gasteiger partial charge in [0.2, 0.25) is 0 Å². The van der Waals surface area contributed by atoms with E-state index in [0.29, 0.717) is 10.8 Å². The molecule has 0 aromatic heterocycles. The molecule has 1 unspecified atom stereocenters. The van der Waals surface area contributed by atoms with E-state index in [-0.39, 0.29) is 0 Å². The summed E-state index contributed by atoms with van der Waals surface area (Å²) >= 11 is 3.98. The number of carbonyl (C=O) groups is 2. The number of nitrogens with zero attached hydrogens (tertiary/aromatic N) is 2. The van der Waals surface area contributed by atoms with Crippen LogP contribution in [0.1, 0.15) is 0 Å². The van der Waals surface area contributed by atoms with E-state index in [1.807, 2.05) is 0 Å². The predicted molar refractivity (Wildman–Crippen MR) is 64.4 cm³/mol. The Morgan fingerprint density at radius 2 is 1.83 bits per heavy atom. The number of amides is 1. The molecule has 1 aromatic carbocycles. The minimum atomic E-state index is -1.90. The van der Waals surface area contributed by atoms with Gasteiger partial charge in [0.15, 0.2) is 0 Å². The average molecular weight is 270 g/mol. The number of thiol groups is 1. The largest absolute Gasteiger partial charge is 0.478 e. The average Bonchev–Trinajstić information content (AvgIpc) is 2.70. The number of carboxylic acid groups (broad SMARTS) is 2. The predicted octanol–water partition coefficient (Wildman–Crippen LogP) is 0.0790. The van der Waals surface area contributed by atoms with Crippen molar-refractivity contribution in [2.75, 3.05) is 5.01 Å². The van der Waals surface area contributed by atoms with Crippen molar-refractivity contribution in [2.45, 2.75) is 4.99 Å². The number of para-hydroxylation sites is 1. The summed E-state index contributed by atoms with van der Waals surface area (Å²) in [5, 5.41) is 19.6. The summed E-state index contributed by atoms with van der Waals surface area (Å²) in [4.78, 5) is 20.2. The molecule has 18 heavy (non-hydrogen) atoms. The van der Waals surface area contributed by atoms with E-state index in [1.165, 1.54) is 0 Å². The molecule has 1 aliphatic heterocycles. The fraction of sp³-hybridized carbons (Fsp3) is 0.111. The number of aliphatic carboxylic acids is 1. The second kappa shape index (κ2) is 4.37. The highest BCUT2D eigenvalue weighted by atomic mass is 32.1. The maximum absolute atomic E-state index is 11.2. The summed E-state index contributed by atoms with van der Waals surface area (Å²) in [5.41, 5.74) is 5.06. The van der Waals surface area contributed by atoms with Crippen LogP contribution in [0, 0.1) is 0 Å². The highest BCUT2D eigenvalue weighted by molar-refractivity contribution is 7.82. The van der Waals surface area contributed by atoms with Gasteiger partial charge in [0.1, 0.15) is 0 Å². The molecule has 0 spiro atoms. The zero-order chi connectivity index (χ0) is 13.3. The van der Waals surface area contributed by atoms with Crippen molar-refractivity contribution >= 4 is 30.4 Å². The number of hydrogen-bond acceptors (Lipinski definition) is 6. The van der Waals surface area contributed by atoms with E-state index in [9.17, 15) is 9.59 Å². The minimum absolute atomic E-state index is 0.450. The summed E-state index contributed by atoms with van der Waals surface area (Å²) in [5.74, 6) is -1.34. The molecule has 1 heterocycles. The Kier molecular flexibility index (Phi) is 3.03. The SMILES string of the molecule is O=C(O)N1NN(c2ccccc2)C(S)(C(=O)O)N1. The number of rotatable bonds is 2. The molecule has 4 N–H and O–H groups in total. The molecular formula is C9H10N4O4S. The second-order valence-electron chi connectivity index (χ2n) is 3.48. The molecule has 0 saturated carbocycles. The Labute approximate surface area is 107 Å². The van der Waals surface area contributed by atoms with Crippen molar-refractivity contribution in [3.63, 3.8) is 0 Å². The van der Waals surface area contributed by atoms with Gasteiger partial charge >= 0.3 is 12.1 Å². The van der Waals surface area contributed by atoms with Crippen molar-refractivity contribution in [1.29, 1.82) is 0 Å². The maximum Gasteiger partial charge on any atom is 0.438 e. The molecule has 1 amide bonds. The first-order chi connectivity index (χ1) is 8.45. The van der Waals surface area contributed by atoms with Gasteiger partial charge in [-0.25, -0.2) is 14.6 Å². The minimum Gasteiger partial charge on any atom is -0.478 e. The second-order valence-corrected chi connectivity index (χ2v) is 4.13. The van der Waals surface area contributed by atoms with Gasteiger partial charge in [-0.05, 0) is 12.1 Å². The number of hydrazine groups is 3. The van der Waals surface area contributed by atoms with Gasteiger partial charge in [0.05, 0.1) is 5.69 Å². The smallest absolute Gasteiger partial charge is 0.438 e. The third-order valence-electron chi connectivity index (χ3n) is 2.30. The first-order valence-corrected chi connectivity index (χ1v) is 5.28. The lowest BCUT2D eigenvalue weighted by Crippen LogP contribution is -2.55. The van der Waals surface area contributed by atoms with E-state index >= 15 is 0 Å². The molecule has 1 fully saturated rings. The molecule has 96 valence electrons. The van der Waals surface area contributed by atoms with Crippen molar-refractivity contribution in [2.24, 2.45) is 0 Å². The molecule has 1 aliphatic rings. The van der Waals surface area contributed by atoms with Crippen LogP contribution in [0.3, 0.4) is 0 Å². The van der Waals surface area contributed by atoms with Crippen LogP contribution in [0.2, 0.25) is 0 Å². The van der Waals surface area contributed by atoms with Crippen molar-refractivity contribution < 1.29 is 19.8 Å². The summed E-state index contributed by atoms with van der Waals surface area (Å²) in [6, 6.07) is 8.37. The van der Waals surface area contributed by atoms with Crippen molar-refractivity contribution in [3.05, 3.63) is 30.3 Å². The summed E-state index contributed by atoms with van der Waals surface area (Å²) in [6.07, 6.45) is -1.38. The maximum atomic E-state index is 11.2. The van der Waals surface area contributed by atoms with Gasteiger partial charge in [0, 0.05) is 0 Å². The Morgan fingerprint density at radius 1 is 1.22 bits per heavy atom. The first kappa shape index (κ1) is 12.5. The molecular weight excluding hydrogens is 260 g/mol. The van der Waals surface area contributed by atoms with Gasteiger partial charge in [0.25, 0.3) is 4.99 Å². The Morgan fingerprint density at radius 3 is 2.33 bits per heavy atom. The van der Waals surface area contributed by atoms with Crippen LogP contribution in [0.25, 0.3) is 0 Å². The van der Waals surface area contributed by atoms with Crippen LogP contribution in [-0.2, 0) is 4.79 Å². The van der Waals surface area contributed by atoms with E-state index in [4.69, 9.17) is 10.2 Å². The Balaban J connectivity index is 2.38. The number of nitrogens with one attached hydrogen (secondary N) is 2. The van der Waals surface area contributed by atoms with Crippen molar-refractivity contribution in [3.8, 4) is 0 Å². The molecule has 9 heteroatoms. The van der Waals surface area contributed by atoms with Crippen LogP contribution < -0.4 is 16.0 Å². The van der Waals surface area contributed by atoms with E-state index in [1.54, 1.807) is 30.3 Å². The third kappa shape index (κ3) is 1.94. The van der Waals surface area contributed by atoms with E-state index in [0.717, 1.165) is 5.01 Å². The third-order valence-corrected chi connectivity index (χ3v) is 2.79.